The maximum absolute atomic E-state index is 12.7. The number of amides is 1. The van der Waals surface area contributed by atoms with Gasteiger partial charge in [0, 0.05) is 29.7 Å². The SMILES string of the molecule is O=C(Nc1ccnc(-c2cccnc2)n1)c1cccc(C(F)(F)F)c1. The summed E-state index contributed by atoms with van der Waals surface area (Å²) < 4.78 is 38.2. The number of carbonyl (C=O) groups excluding carboxylic acids is 1. The predicted octanol–water partition coefficient (Wildman–Crippen LogP) is 3.81. The van der Waals surface area contributed by atoms with Crippen LogP contribution in [0.2, 0.25) is 0 Å². The molecule has 2 heterocycles. The van der Waals surface area contributed by atoms with Crippen molar-refractivity contribution in [3.8, 4) is 11.4 Å². The lowest BCUT2D eigenvalue weighted by atomic mass is 10.1. The Balaban J connectivity index is 1.82. The van der Waals surface area contributed by atoms with Crippen LogP contribution in [0.4, 0.5) is 19.0 Å². The van der Waals surface area contributed by atoms with E-state index in [0.29, 0.717) is 11.4 Å². The highest BCUT2D eigenvalue weighted by Gasteiger charge is 2.30. The molecule has 126 valence electrons. The summed E-state index contributed by atoms with van der Waals surface area (Å²) in [5.74, 6) is -0.173. The van der Waals surface area contributed by atoms with Crippen molar-refractivity contribution >= 4 is 11.7 Å². The number of pyridine rings is 1. The number of carbonyl (C=O) groups is 1. The van der Waals surface area contributed by atoms with Crippen molar-refractivity contribution in [2.24, 2.45) is 0 Å². The van der Waals surface area contributed by atoms with Crippen LogP contribution in [0.15, 0.2) is 61.1 Å². The minimum Gasteiger partial charge on any atom is -0.306 e. The summed E-state index contributed by atoms with van der Waals surface area (Å²) in [6.07, 6.45) is 0.0896. The van der Waals surface area contributed by atoms with Crippen molar-refractivity contribution in [2.45, 2.75) is 6.18 Å². The third kappa shape index (κ3) is 3.97. The van der Waals surface area contributed by atoms with Crippen molar-refractivity contribution < 1.29 is 18.0 Å². The van der Waals surface area contributed by atoms with Crippen LogP contribution in [0.1, 0.15) is 15.9 Å². The largest absolute Gasteiger partial charge is 0.416 e. The summed E-state index contributed by atoms with van der Waals surface area (Å²) in [5.41, 5.74) is -0.354. The second kappa shape index (κ2) is 6.68. The van der Waals surface area contributed by atoms with E-state index in [1.165, 1.54) is 24.4 Å². The molecule has 0 radical (unpaired) electrons. The molecule has 0 aliphatic heterocycles. The summed E-state index contributed by atoms with van der Waals surface area (Å²) in [6.45, 7) is 0. The third-order valence-corrected chi connectivity index (χ3v) is 3.27. The van der Waals surface area contributed by atoms with Gasteiger partial charge in [-0.3, -0.25) is 9.78 Å². The van der Waals surface area contributed by atoms with Crippen LogP contribution in [0.5, 0.6) is 0 Å². The van der Waals surface area contributed by atoms with Crippen LogP contribution in [-0.2, 0) is 6.18 Å². The fourth-order valence-electron chi connectivity index (χ4n) is 2.09. The number of hydrogen-bond donors (Lipinski definition) is 1. The van der Waals surface area contributed by atoms with E-state index in [9.17, 15) is 18.0 Å². The number of halogens is 3. The maximum atomic E-state index is 12.7. The number of hydrogen-bond acceptors (Lipinski definition) is 4. The van der Waals surface area contributed by atoms with Crippen molar-refractivity contribution in [1.82, 2.24) is 15.0 Å². The predicted molar refractivity (Wildman–Crippen MR) is 84.7 cm³/mol. The fraction of sp³-hybridized carbons (Fsp3) is 0.0588. The topological polar surface area (TPSA) is 67.8 Å². The molecule has 0 unspecified atom stereocenters. The molecule has 0 aliphatic rings. The van der Waals surface area contributed by atoms with Crippen molar-refractivity contribution in [3.05, 3.63) is 72.2 Å². The molecule has 2 aromatic heterocycles. The standard InChI is InChI=1S/C17H11F3N4O/c18-17(19,20)13-5-1-3-11(9-13)16(25)24-14-6-8-22-15(23-14)12-4-2-7-21-10-12/h1-10H,(H,22,23,24,25). The highest BCUT2D eigenvalue weighted by Crippen LogP contribution is 2.29. The summed E-state index contributed by atoms with van der Waals surface area (Å²) in [7, 11) is 0. The molecule has 0 saturated carbocycles. The Morgan fingerprint density at radius 2 is 1.88 bits per heavy atom. The average Bonchev–Trinajstić information content (AvgIpc) is 2.62. The molecule has 3 rings (SSSR count). The molecular formula is C17H11F3N4O. The van der Waals surface area contributed by atoms with Crippen molar-refractivity contribution in [1.29, 1.82) is 0 Å². The van der Waals surface area contributed by atoms with Crippen LogP contribution in [-0.4, -0.2) is 20.9 Å². The molecule has 8 heteroatoms. The van der Waals surface area contributed by atoms with Crippen LogP contribution >= 0.6 is 0 Å². The number of aromatic nitrogens is 3. The van der Waals surface area contributed by atoms with E-state index in [1.54, 1.807) is 24.5 Å². The van der Waals surface area contributed by atoms with Gasteiger partial charge in [0.2, 0.25) is 0 Å². The number of anilines is 1. The summed E-state index contributed by atoms with van der Waals surface area (Å²) >= 11 is 0. The van der Waals surface area contributed by atoms with Gasteiger partial charge in [0.25, 0.3) is 5.91 Å². The molecule has 5 nitrogen and oxygen atoms in total. The zero-order valence-corrected chi connectivity index (χ0v) is 12.7. The van der Waals surface area contributed by atoms with Gasteiger partial charge in [0.1, 0.15) is 5.82 Å². The summed E-state index contributed by atoms with van der Waals surface area (Å²) in [6, 6.07) is 9.09. The van der Waals surface area contributed by atoms with Crippen LogP contribution in [0.25, 0.3) is 11.4 Å². The van der Waals surface area contributed by atoms with Gasteiger partial charge < -0.3 is 5.32 Å². The van der Waals surface area contributed by atoms with Gasteiger partial charge in [0.05, 0.1) is 5.56 Å². The highest BCUT2D eigenvalue weighted by atomic mass is 19.4. The van der Waals surface area contributed by atoms with E-state index in [4.69, 9.17) is 0 Å². The zero-order chi connectivity index (χ0) is 17.9. The normalized spacial score (nSPS) is 11.2. The average molecular weight is 344 g/mol. The lowest BCUT2D eigenvalue weighted by Crippen LogP contribution is -2.15. The van der Waals surface area contributed by atoms with Crippen molar-refractivity contribution in [2.75, 3.05) is 5.32 Å². The molecule has 1 aromatic carbocycles. The third-order valence-electron chi connectivity index (χ3n) is 3.27. The number of nitrogens with zero attached hydrogens (tertiary/aromatic N) is 3. The Hall–Kier alpha value is -3.29. The number of benzene rings is 1. The van der Waals surface area contributed by atoms with Crippen LogP contribution < -0.4 is 5.32 Å². The Morgan fingerprint density at radius 1 is 1.04 bits per heavy atom. The van der Waals surface area contributed by atoms with Gasteiger partial charge >= 0.3 is 6.18 Å². The monoisotopic (exact) mass is 344 g/mol. The highest BCUT2D eigenvalue weighted by molar-refractivity contribution is 6.03. The smallest absolute Gasteiger partial charge is 0.306 e. The Morgan fingerprint density at radius 3 is 2.60 bits per heavy atom. The van der Waals surface area contributed by atoms with Gasteiger partial charge in [-0.25, -0.2) is 9.97 Å². The number of nitrogens with one attached hydrogen (secondary N) is 1. The van der Waals surface area contributed by atoms with E-state index in [2.05, 4.69) is 20.3 Å². The molecule has 3 aromatic rings. The van der Waals surface area contributed by atoms with Gasteiger partial charge in [-0.05, 0) is 36.4 Å². The molecular weight excluding hydrogens is 333 g/mol. The first-order chi connectivity index (χ1) is 11.9. The zero-order valence-electron chi connectivity index (χ0n) is 12.7. The quantitative estimate of drug-likeness (QED) is 0.784. The summed E-state index contributed by atoms with van der Waals surface area (Å²) in [4.78, 5) is 24.4. The second-order valence-corrected chi connectivity index (χ2v) is 5.04. The van der Waals surface area contributed by atoms with Gasteiger partial charge in [-0.1, -0.05) is 6.07 Å². The van der Waals surface area contributed by atoms with Gasteiger partial charge in [-0.2, -0.15) is 13.2 Å². The molecule has 0 fully saturated rings. The maximum Gasteiger partial charge on any atom is 0.416 e. The first-order valence-electron chi connectivity index (χ1n) is 7.15. The van der Waals surface area contributed by atoms with E-state index >= 15 is 0 Å². The first kappa shape index (κ1) is 16.6. The molecule has 1 amide bonds. The molecule has 0 aliphatic carbocycles. The Labute approximate surface area is 140 Å². The number of rotatable bonds is 3. The lowest BCUT2D eigenvalue weighted by Gasteiger charge is -2.09. The van der Waals surface area contributed by atoms with Gasteiger partial charge in [0.15, 0.2) is 5.82 Å². The van der Waals surface area contributed by atoms with E-state index in [0.717, 1.165) is 12.1 Å². The summed E-state index contributed by atoms with van der Waals surface area (Å²) in [5, 5.41) is 2.47. The minimum atomic E-state index is -4.52. The lowest BCUT2D eigenvalue weighted by molar-refractivity contribution is -0.137. The second-order valence-electron chi connectivity index (χ2n) is 5.04. The van der Waals surface area contributed by atoms with Crippen LogP contribution in [0, 0.1) is 0 Å². The van der Waals surface area contributed by atoms with E-state index < -0.39 is 17.6 Å². The Bertz CT molecular complexity index is 898. The Kier molecular flexibility index (Phi) is 4.42. The number of alkyl halides is 3. The van der Waals surface area contributed by atoms with Crippen molar-refractivity contribution in [3.63, 3.8) is 0 Å². The van der Waals surface area contributed by atoms with Crippen LogP contribution in [0.3, 0.4) is 0 Å². The minimum absolute atomic E-state index is 0.114. The first-order valence-corrected chi connectivity index (χ1v) is 7.15. The molecule has 1 N–H and O–H groups in total. The van der Waals surface area contributed by atoms with E-state index in [-0.39, 0.29) is 11.4 Å². The molecule has 0 saturated heterocycles. The van der Waals surface area contributed by atoms with E-state index in [1.807, 2.05) is 0 Å². The molecule has 25 heavy (non-hydrogen) atoms. The molecule has 0 spiro atoms. The van der Waals surface area contributed by atoms with Gasteiger partial charge in [-0.15, -0.1) is 0 Å². The fourth-order valence-corrected chi connectivity index (χ4v) is 2.09. The molecule has 0 atom stereocenters. The molecule has 0 bridgehead atoms.